The quantitative estimate of drug-likeness (QED) is 0.689. The van der Waals surface area contributed by atoms with Gasteiger partial charge in [-0.15, -0.1) is 10.2 Å². The van der Waals surface area contributed by atoms with E-state index in [0.717, 1.165) is 26.5 Å². The molecule has 0 aliphatic heterocycles. The van der Waals surface area contributed by atoms with Crippen LogP contribution in [0.2, 0.25) is 0 Å². The fraction of sp³-hybridized carbons (Fsp3) is 0.214. The summed E-state index contributed by atoms with van der Waals surface area (Å²) in [5.74, 6) is 1.26. The Morgan fingerprint density at radius 2 is 2.09 bits per heavy atom. The Balaban J connectivity index is 1.51. The number of hydrogen-bond acceptors (Lipinski definition) is 7. The number of anilines is 1. The van der Waals surface area contributed by atoms with Crippen LogP contribution in [0.1, 0.15) is 17.0 Å². The van der Waals surface area contributed by atoms with Crippen LogP contribution in [0.15, 0.2) is 39.2 Å². The molecule has 0 bridgehead atoms. The zero-order valence-electron chi connectivity index (χ0n) is 11.7. The third-order valence-corrected chi connectivity index (χ3v) is 4.83. The SMILES string of the molecule is Cc1cc(CSc2nnc(NCc3ccc(F)cc3)s2)no1. The molecule has 0 radical (unpaired) electrons. The Morgan fingerprint density at radius 1 is 1.27 bits per heavy atom. The molecule has 0 spiro atoms. The van der Waals surface area contributed by atoms with Crippen molar-refractivity contribution in [2.75, 3.05) is 5.32 Å². The molecule has 3 rings (SSSR count). The van der Waals surface area contributed by atoms with Crippen molar-refractivity contribution in [2.45, 2.75) is 23.6 Å². The number of hydrogen-bond donors (Lipinski definition) is 1. The van der Waals surface area contributed by atoms with Gasteiger partial charge < -0.3 is 9.84 Å². The molecule has 0 aliphatic carbocycles. The van der Waals surface area contributed by atoms with Gasteiger partial charge >= 0.3 is 0 Å². The van der Waals surface area contributed by atoms with E-state index in [1.165, 1.54) is 23.5 Å². The maximum Gasteiger partial charge on any atom is 0.206 e. The summed E-state index contributed by atoms with van der Waals surface area (Å²) in [5, 5.41) is 16.1. The minimum Gasteiger partial charge on any atom is -0.361 e. The smallest absolute Gasteiger partial charge is 0.206 e. The van der Waals surface area contributed by atoms with Gasteiger partial charge in [0, 0.05) is 18.4 Å². The van der Waals surface area contributed by atoms with Gasteiger partial charge in [-0.2, -0.15) is 0 Å². The van der Waals surface area contributed by atoms with Crippen LogP contribution in [-0.2, 0) is 12.3 Å². The highest BCUT2D eigenvalue weighted by atomic mass is 32.2. The van der Waals surface area contributed by atoms with E-state index < -0.39 is 0 Å². The first-order valence-corrected chi connectivity index (χ1v) is 8.36. The van der Waals surface area contributed by atoms with Crippen molar-refractivity contribution in [3.8, 4) is 0 Å². The molecule has 0 saturated carbocycles. The van der Waals surface area contributed by atoms with Crippen molar-refractivity contribution in [3.05, 3.63) is 53.2 Å². The molecule has 0 saturated heterocycles. The summed E-state index contributed by atoms with van der Waals surface area (Å²) in [6, 6.07) is 8.27. The van der Waals surface area contributed by atoms with Crippen LogP contribution in [0.4, 0.5) is 9.52 Å². The fourth-order valence-electron chi connectivity index (χ4n) is 1.74. The highest BCUT2D eigenvalue weighted by Crippen LogP contribution is 2.28. The lowest BCUT2D eigenvalue weighted by Gasteiger charge is -2.01. The molecule has 3 aromatic rings. The first kappa shape index (κ1) is 15.0. The monoisotopic (exact) mass is 336 g/mol. The molecule has 0 fully saturated rings. The maximum absolute atomic E-state index is 12.8. The summed E-state index contributed by atoms with van der Waals surface area (Å²) in [6.45, 7) is 2.45. The standard InChI is InChI=1S/C14H13FN4OS2/c1-9-6-12(19-20-9)8-21-14-18-17-13(22-14)16-7-10-2-4-11(15)5-3-10/h2-6H,7-8H2,1H3,(H,16,17). The zero-order chi connectivity index (χ0) is 15.4. The van der Waals surface area contributed by atoms with Crippen LogP contribution in [-0.4, -0.2) is 15.4 Å². The molecular formula is C14H13FN4OS2. The van der Waals surface area contributed by atoms with Gasteiger partial charge in [0.1, 0.15) is 11.6 Å². The number of benzene rings is 1. The van der Waals surface area contributed by atoms with Crippen molar-refractivity contribution in [1.82, 2.24) is 15.4 Å². The molecular weight excluding hydrogens is 323 g/mol. The van der Waals surface area contributed by atoms with E-state index in [9.17, 15) is 4.39 Å². The van der Waals surface area contributed by atoms with Gasteiger partial charge in [0.25, 0.3) is 0 Å². The molecule has 0 aliphatic rings. The normalized spacial score (nSPS) is 10.8. The molecule has 0 atom stereocenters. The number of halogens is 1. The second-order valence-corrected chi connectivity index (χ2v) is 6.77. The second-order valence-electron chi connectivity index (χ2n) is 4.57. The lowest BCUT2D eigenvalue weighted by Crippen LogP contribution is -1.98. The van der Waals surface area contributed by atoms with Gasteiger partial charge in [0.15, 0.2) is 4.34 Å². The maximum atomic E-state index is 12.8. The largest absolute Gasteiger partial charge is 0.361 e. The summed E-state index contributed by atoms with van der Waals surface area (Å²) >= 11 is 3.04. The lowest BCUT2D eigenvalue weighted by molar-refractivity contribution is 0.393. The number of aryl methyl sites for hydroxylation is 1. The minimum atomic E-state index is -0.235. The first-order valence-electron chi connectivity index (χ1n) is 6.56. The molecule has 2 heterocycles. The van der Waals surface area contributed by atoms with Crippen LogP contribution in [0.3, 0.4) is 0 Å². The van der Waals surface area contributed by atoms with Gasteiger partial charge in [-0.25, -0.2) is 4.39 Å². The zero-order valence-corrected chi connectivity index (χ0v) is 13.4. The van der Waals surface area contributed by atoms with Crippen LogP contribution in [0.5, 0.6) is 0 Å². The van der Waals surface area contributed by atoms with Gasteiger partial charge in [-0.1, -0.05) is 40.4 Å². The number of nitrogens with zero attached hydrogens (tertiary/aromatic N) is 3. The third-order valence-electron chi connectivity index (χ3n) is 2.78. The summed E-state index contributed by atoms with van der Waals surface area (Å²) < 4.78 is 18.7. The van der Waals surface area contributed by atoms with E-state index in [2.05, 4.69) is 20.7 Å². The number of thioether (sulfide) groups is 1. The third kappa shape index (κ3) is 4.05. The van der Waals surface area contributed by atoms with Crippen molar-refractivity contribution >= 4 is 28.2 Å². The summed E-state index contributed by atoms with van der Waals surface area (Å²) in [7, 11) is 0. The van der Waals surface area contributed by atoms with Crippen LogP contribution in [0.25, 0.3) is 0 Å². The molecule has 1 N–H and O–H groups in total. The summed E-state index contributed by atoms with van der Waals surface area (Å²) in [5.41, 5.74) is 1.88. The molecule has 22 heavy (non-hydrogen) atoms. The van der Waals surface area contributed by atoms with Crippen molar-refractivity contribution in [1.29, 1.82) is 0 Å². The Bertz CT molecular complexity index is 741. The Kier molecular flexibility index (Phi) is 4.69. The van der Waals surface area contributed by atoms with Gasteiger partial charge in [-0.05, 0) is 24.6 Å². The number of aromatic nitrogens is 3. The van der Waals surface area contributed by atoms with Crippen molar-refractivity contribution in [3.63, 3.8) is 0 Å². The molecule has 0 unspecified atom stereocenters. The average molecular weight is 336 g/mol. The first-order chi connectivity index (χ1) is 10.7. The van der Waals surface area contributed by atoms with Gasteiger partial charge in [-0.3, -0.25) is 0 Å². The lowest BCUT2D eigenvalue weighted by atomic mass is 10.2. The fourth-order valence-corrected chi connectivity index (χ4v) is 3.37. The van der Waals surface area contributed by atoms with Crippen molar-refractivity contribution < 1.29 is 8.91 Å². The Morgan fingerprint density at radius 3 is 2.82 bits per heavy atom. The second kappa shape index (κ2) is 6.89. The highest BCUT2D eigenvalue weighted by Gasteiger charge is 2.07. The van der Waals surface area contributed by atoms with E-state index in [-0.39, 0.29) is 5.82 Å². The molecule has 0 amide bonds. The molecule has 8 heteroatoms. The minimum absolute atomic E-state index is 0.235. The topological polar surface area (TPSA) is 63.8 Å². The number of rotatable bonds is 6. The van der Waals surface area contributed by atoms with E-state index in [4.69, 9.17) is 4.52 Å². The molecule has 1 aromatic carbocycles. The Labute approximate surface area is 134 Å². The Hall–Kier alpha value is -1.93. The number of nitrogens with one attached hydrogen (secondary N) is 1. The summed E-state index contributed by atoms with van der Waals surface area (Å²) in [6.07, 6.45) is 0. The molecule has 114 valence electrons. The van der Waals surface area contributed by atoms with Crippen LogP contribution in [0, 0.1) is 12.7 Å². The summed E-state index contributed by atoms with van der Waals surface area (Å²) in [4.78, 5) is 0. The van der Waals surface area contributed by atoms with E-state index in [1.807, 2.05) is 13.0 Å². The predicted molar refractivity (Wildman–Crippen MR) is 84.4 cm³/mol. The van der Waals surface area contributed by atoms with Gasteiger partial charge in [0.2, 0.25) is 5.13 Å². The van der Waals surface area contributed by atoms with E-state index in [0.29, 0.717) is 12.3 Å². The highest BCUT2D eigenvalue weighted by molar-refractivity contribution is 8.00. The predicted octanol–water partition coefficient (Wildman–Crippen LogP) is 3.88. The van der Waals surface area contributed by atoms with Crippen molar-refractivity contribution in [2.24, 2.45) is 0 Å². The van der Waals surface area contributed by atoms with Crippen LogP contribution >= 0.6 is 23.1 Å². The van der Waals surface area contributed by atoms with E-state index >= 15 is 0 Å². The molecule has 5 nitrogen and oxygen atoms in total. The molecule has 2 aromatic heterocycles. The van der Waals surface area contributed by atoms with E-state index in [1.54, 1.807) is 23.9 Å². The van der Waals surface area contributed by atoms with Crippen LogP contribution < -0.4 is 5.32 Å². The average Bonchev–Trinajstić information content (AvgIpc) is 3.13. The van der Waals surface area contributed by atoms with Gasteiger partial charge in [0.05, 0.1) is 5.69 Å².